The molecule has 0 aliphatic carbocycles. The zero-order chi connectivity index (χ0) is 18.2. The zero-order valence-electron chi connectivity index (χ0n) is 15.7. The molecule has 0 saturated heterocycles. The molecule has 2 atom stereocenters. The van der Waals surface area contributed by atoms with E-state index in [4.69, 9.17) is 14.2 Å². The molecule has 0 aliphatic rings. The number of allylic oxidation sites excluding steroid dienone is 1. The summed E-state index contributed by atoms with van der Waals surface area (Å²) in [6.07, 6.45) is 4.38. The van der Waals surface area contributed by atoms with Crippen LogP contribution in [0, 0.1) is 0 Å². The molecule has 0 saturated carbocycles. The molecule has 0 bridgehead atoms. The molecule has 0 fully saturated rings. The molecule has 4 nitrogen and oxygen atoms in total. The second kappa shape index (κ2) is 9.16. The van der Waals surface area contributed by atoms with Crippen LogP contribution in [-0.4, -0.2) is 39.2 Å². The van der Waals surface area contributed by atoms with Gasteiger partial charge in [-0.05, 0) is 25.5 Å². The van der Waals surface area contributed by atoms with E-state index in [1.54, 1.807) is 7.11 Å². The van der Waals surface area contributed by atoms with Crippen molar-refractivity contribution in [2.24, 2.45) is 0 Å². The molecular formula is C19H30O4Si. The molecule has 1 aromatic rings. The van der Waals surface area contributed by atoms with E-state index in [2.05, 4.69) is 13.1 Å². The highest BCUT2D eigenvalue weighted by Crippen LogP contribution is 2.28. The number of carbonyl (C=O) groups excluding carboxylic acids is 1. The number of esters is 1. The lowest BCUT2D eigenvalue weighted by Gasteiger charge is -2.39. The van der Waals surface area contributed by atoms with Crippen LogP contribution in [0.4, 0.5) is 0 Å². The molecular weight excluding hydrogens is 320 g/mol. The number of methoxy groups -OCH3 is 1. The van der Waals surface area contributed by atoms with E-state index in [1.807, 2.05) is 56.3 Å². The highest BCUT2D eigenvalue weighted by atomic mass is 28.3. The predicted molar refractivity (Wildman–Crippen MR) is 99.5 cm³/mol. The standard InChI is InChI=1S/C19H30O4Si/c1-7-13-19(3,23-16(2)20)24(5,6)15-22-14-18(21-4)17-11-9-8-10-12-17/h7-13,18H,14-15H2,1-6H3/b13-7-/t18-,19+/m1/s1. The second-order valence-electron chi connectivity index (χ2n) is 6.73. The summed E-state index contributed by atoms with van der Waals surface area (Å²) >= 11 is 0. The summed E-state index contributed by atoms with van der Waals surface area (Å²) in [5, 5.41) is -0.594. The van der Waals surface area contributed by atoms with Crippen molar-refractivity contribution in [3.05, 3.63) is 48.0 Å². The van der Waals surface area contributed by atoms with Crippen molar-refractivity contribution in [2.45, 2.75) is 45.2 Å². The van der Waals surface area contributed by atoms with Gasteiger partial charge >= 0.3 is 5.97 Å². The maximum absolute atomic E-state index is 11.5. The van der Waals surface area contributed by atoms with Gasteiger partial charge < -0.3 is 14.2 Å². The van der Waals surface area contributed by atoms with Crippen molar-refractivity contribution in [2.75, 3.05) is 19.9 Å². The third-order valence-electron chi connectivity index (χ3n) is 4.37. The lowest BCUT2D eigenvalue weighted by Crippen LogP contribution is -2.57. The Morgan fingerprint density at radius 2 is 1.92 bits per heavy atom. The Bertz CT molecular complexity index is 542. The van der Waals surface area contributed by atoms with Crippen LogP contribution >= 0.6 is 0 Å². The monoisotopic (exact) mass is 350 g/mol. The molecule has 134 valence electrons. The minimum atomic E-state index is -2.03. The minimum absolute atomic E-state index is 0.0994. The van der Waals surface area contributed by atoms with Crippen molar-refractivity contribution in [3.63, 3.8) is 0 Å². The smallest absolute Gasteiger partial charge is 0.303 e. The van der Waals surface area contributed by atoms with Crippen molar-refractivity contribution >= 4 is 14.0 Å². The van der Waals surface area contributed by atoms with Crippen molar-refractivity contribution in [1.29, 1.82) is 0 Å². The molecule has 0 heterocycles. The van der Waals surface area contributed by atoms with Gasteiger partial charge in [0.05, 0.1) is 6.61 Å². The second-order valence-corrected chi connectivity index (χ2v) is 11.8. The zero-order valence-corrected chi connectivity index (χ0v) is 16.7. The summed E-state index contributed by atoms with van der Waals surface area (Å²) in [4.78, 5) is 11.5. The van der Waals surface area contributed by atoms with Crippen LogP contribution in [0.3, 0.4) is 0 Å². The maximum Gasteiger partial charge on any atom is 0.303 e. The van der Waals surface area contributed by atoms with Gasteiger partial charge in [0.2, 0.25) is 0 Å². The molecule has 0 N–H and O–H groups in total. The fraction of sp³-hybridized carbons (Fsp3) is 0.526. The Labute approximate surface area is 146 Å². The molecule has 0 spiro atoms. The van der Waals surface area contributed by atoms with Gasteiger partial charge in [0.25, 0.3) is 0 Å². The Kier molecular flexibility index (Phi) is 7.86. The van der Waals surface area contributed by atoms with Gasteiger partial charge in [0.15, 0.2) is 0 Å². The van der Waals surface area contributed by atoms with Crippen LogP contribution < -0.4 is 0 Å². The van der Waals surface area contributed by atoms with Crippen LogP contribution in [0.2, 0.25) is 13.1 Å². The highest BCUT2D eigenvalue weighted by Gasteiger charge is 2.44. The molecule has 24 heavy (non-hydrogen) atoms. The van der Waals surface area contributed by atoms with E-state index < -0.39 is 13.3 Å². The SMILES string of the molecule is C/C=C\[C@@](C)(OC(C)=O)[Si](C)(C)COC[C@@H](OC)c1ccccc1. The Morgan fingerprint density at radius 1 is 1.29 bits per heavy atom. The summed E-state index contributed by atoms with van der Waals surface area (Å²) in [7, 11) is -0.342. The molecule has 1 rings (SSSR count). The predicted octanol–water partition coefficient (Wildman–Crippen LogP) is 4.08. The van der Waals surface area contributed by atoms with E-state index >= 15 is 0 Å². The quantitative estimate of drug-likeness (QED) is 0.382. The number of hydrogen-bond donors (Lipinski definition) is 0. The van der Waals surface area contributed by atoms with Crippen molar-refractivity contribution in [1.82, 2.24) is 0 Å². The topological polar surface area (TPSA) is 44.8 Å². The van der Waals surface area contributed by atoms with Gasteiger partial charge in [0.1, 0.15) is 19.4 Å². The first-order chi connectivity index (χ1) is 11.3. The fourth-order valence-electron chi connectivity index (χ4n) is 2.55. The van der Waals surface area contributed by atoms with Gasteiger partial charge in [-0.25, -0.2) is 0 Å². The molecule has 0 radical (unpaired) electrons. The molecule has 0 aliphatic heterocycles. The normalized spacial score (nSPS) is 15.9. The summed E-state index contributed by atoms with van der Waals surface area (Å²) in [6, 6.07) is 10.0. The summed E-state index contributed by atoms with van der Waals surface area (Å²) in [6.45, 7) is 10.2. The van der Waals surface area contributed by atoms with Crippen LogP contribution in [0.25, 0.3) is 0 Å². The van der Waals surface area contributed by atoms with E-state index in [0.717, 1.165) is 5.56 Å². The van der Waals surface area contributed by atoms with E-state index in [0.29, 0.717) is 12.8 Å². The average molecular weight is 351 g/mol. The minimum Gasteiger partial charge on any atom is -0.459 e. The number of benzene rings is 1. The Morgan fingerprint density at radius 3 is 2.42 bits per heavy atom. The highest BCUT2D eigenvalue weighted by molar-refractivity contribution is 6.80. The first kappa shape index (κ1) is 20.6. The van der Waals surface area contributed by atoms with Crippen LogP contribution in [-0.2, 0) is 19.0 Å². The summed E-state index contributed by atoms with van der Waals surface area (Å²) in [5.74, 6) is -0.268. The molecule has 5 heteroatoms. The summed E-state index contributed by atoms with van der Waals surface area (Å²) < 4.78 is 17.2. The van der Waals surface area contributed by atoms with Gasteiger partial charge in [-0.2, -0.15) is 0 Å². The first-order valence-electron chi connectivity index (χ1n) is 8.24. The van der Waals surface area contributed by atoms with E-state index in [1.165, 1.54) is 6.92 Å². The summed E-state index contributed by atoms with van der Waals surface area (Å²) in [5.41, 5.74) is 1.09. The average Bonchev–Trinajstić information content (AvgIpc) is 2.51. The Balaban J connectivity index is 2.73. The number of carbonyl (C=O) groups is 1. The number of rotatable bonds is 9. The van der Waals surface area contributed by atoms with Crippen molar-refractivity contribution < 1.29 is 19.0 Å². The van der Waals surface area contributed by atoms with Crippen LogP contribution in [0.1, 0.15) is 32.4 Å². The van der Waals surface area contributed by atoms with Gasteiger partial charge in [0, 0.05) is 20.3 Å². The van der Waals surface area contributed by atoms with Gasteiger partial charge in [-0.1, -0.05) is 49.5 Å². The lowest BCUT2D eigenvalue weighted by atomic mass is 10.1. The fourth-order valence-corrected chi connectivity index (χ4v) is 4.50. The number of hydrogen-bond acceptors (Lipinski definition) is 4. The Hall–Kier alpha value is -1.43. The van der Waals surface area contributed by atoms with Crippen molar-refractivity contribution in [3.8, 4) is 0 Å². The lowest BCUT2D eigenvalue weighted by molar-refractivity contribution is -0.146. The first-order valence-corrected chi connectivity index (χ1v) is 11.5. The number of ether oxygens (including phenoxy) is 3. The third kappa shape index (κ3) is 5.58. The van der Waals surface area contributed by atoms with Gasteiger partial charge in [-0.15, -0.1) is 0 Å². The van der Waals surface area contributed by atoms with E-state index in [9.17, 15) is 4.79 Å². The van der Waals surface area contributed by atoms with Crippen LogP contribution in [0.5, 0.6) is 0 Å². The molecule has 0 amide bonds. The van der Waals surface area contributed by atoms with Crippen LogP contribution in [0.15, 0.2) is 42.5 Å². The largest absolute Gasteiger partial charge is 0.459 e. The molecule has 0 aromatic heterocycles. The van der Waals surface area contributed by atoms with E-state index in [-0.39, 0.29) is 12.1 Å². The third-order valence-corrected chi connectivity index (χ3v) is 8.25. The van der Waals surface area contributed by atoms with Gasteiger partial charge in [-0.3, -0.25) is 4.79 Å². The maximum atomic E-state index is 11.5. The molecule has 1 aromatic carbocycles. The molecule has 0 unspecified atom stereocenters.